The number of halogens is 1. The maximum absolute atomic E-state index is 10.3. The molecule has 3 unspecified atom stereocenters. The smallest absolute Gasteiger partial charge is 0.0931 e. The third kappa shape index (κ3) is 3.28. The van der Waals surface area contributed by atoms with E-state index in [1.807, 2.05) is 6.07 Å². The minimum Gasteiger partial charge on any atom is -0.393 e. The Hall–Kier alpha value is -0.0500. The average Bonchev–Trinajstić information content (AvgIpc) is 2.62. The Kier molecular flexibility index (Phi) is 4.40. The van der Waals surface area contributed by atoms with Crippen LogP contribution in [0, 0.1) is 17.3 Å². The molecule has 0 saturated heterocycles. The Morgan fingerprint density at radius 1 is 1.39 bits per heavy atom. The van der Waals surface area contributed by atoms with Gasteiger partial charge in [0.25, 0.3) is 0 Å². The molecule has 1 N–H and O–H groups in total. The van der Waals surface area contributed by atoms with Crippen molar-refractivity contribution in [3.05, 3.63) is 21.3 Å². The summed E-state index contributed by atoms with van der Waals surface area (Å²) in [5.74, 6) is 1.08. The molecule has 1 aromatic heterocycles. The van der Waals surface area contributed by atoms with Gasteiger partial charge >= 0.3 is 0 Å². The van der Waals surface area contributed by atoms with Gasteiger partial charge in [-0.3, -0.25) is 0 Å². The molecular formula is C15H23ClOS. The molecule has 1 aliphatic carbocycles. The van der Waals surface area contributed by atoms with Gasteiger partial charge in [-0.05, 0) is 48.6 Å². The maximum atomic E-state index is 10.3. The first-order valence-electron chi connectivity index (χ1n) is 6.81. The van der Waals surface area contributed by atoms with Crippen LogP contribution in [0.3, 0.4) is 0 Å². The van der Waals surface area contributed by atoms with Gasteiger partial charge in [-0.1, -0.05) is 38.8 Å². The van der Waals surface area contributed by atoms with E-state index in [1.54, 1.807) is 11.3 Å². The minimum absolute atomic E-state index is 0.140. The molecule has 0 aromatic carbocycles. The Balaban J connectivity index is 2.05. The van der Waals surface area contributed by atoms with Gasteiger partial charge in [0.15, 0.2) is 0 Å². The highest BCUT2D eigenvalue weighted by molar-refractivity contribution is 7.16. The number of aliphatic hydroxyl groups excluding tert-OH is 1. The number of hydrogen-bond donors (Lipinski definition) is 1. The largest absolute Gasteiger partial charge is 0.393 e. The van der Waals surface area contributed by atoms with Crippen LogP contribution in [0.5, 0.6) is 0 Å². The Morgan fingerprint density at radius 3 is 2.67 bits per heavy atom. The van der Waals surface area contributed by atoms with Crippen LogP contribution in [-0.2, 0) is 6.42 Å². The van der Waals surface area contributed by atoms with Crippen molar-refractivity contribution in [1.82, 2.24) is 0 Å². The van der Waals surface area contributed by atoms with E-state index in [4.69, 9.17) is 11.6 Å². The van der Waals surface area contributed by atoms with Gasteiger partial charge in [-0.25, -0.2) is 0 Å². The molecule has 0 spiro atoms. The van der Waals surface area contributed by atoms with Crippen molar-refractivity contribution >= 4 is 22.9 Å². The van der Waals surface area contributed by atoms with E-state index in [9.17, 15) is 5.11 Å². The van der Waals surface area contributed by atoms with Gasteiger partial charge in [-0.15, -0.1) is 11.3 Å². The average molecular weight is 287 g/mol. The van der Waals surface area contributed by atoms with Crippen LogP contribution in [-0.4, -0.2) is 11.2 Å². The van der Waals surface area contributed by atoms with E-state index in [0.29, 0.717) is 11.8 Å². The van der Waals surface area contributed by atoms with Gasteiger partial charge < -0.3 is 5.11 Å². The molecule has 0 bridgehead atoms. The highest BCUT2D eigenvalue weighted by Crippen LogP contribution is 2.43. The van der Waals surface area contributed by atoms with E-state index in [0.717, 1.165) is 23.6 Å². The molecule has 1 aliphatic rings. The number of aliphatic hydroxyl groups is 1. The molecule has 102 valence electrons. The Labute approximate surface area is 119 Å². The lowest BCUT2D eigenvalue weighted by Crippen LogP contribution is -2.39. The molecule has 1 heterocycles. The fourth-order valence-electron chi connectivity index (χ4n) is 3.29. The van der Waals surface area contributed by atoms with Crippen molar-refractivity contribution in [2.75, 3.05) is 0 Å². The molecule has 0 aliphatic heterocycles. The highest BCUT2D eigenvalue weighted by Gasteiger charge is 2.38. The van der Waals surface area contributed by atoms with Crippen LogP contribution in [0.1, 0.15) is 44.9 Å². The van der Waals surface area contributed by atoms with Crippen molar-refractivity contribution in [3.63, 3.8) is 0 Å². The summed E-state index contributed by atoms with van der Waals surface area (Å²) >= 11 is 7.66. The van der Waals surface area contributed by atoms with Crippen molar-refractivity contribution < 1.29 is 5.11 Å². The monoisotopic (exact) mass is 286 g/mol. The summed E-state index contributed by atoms with van der Waals surface area (Å²) in [4.78, 5) is 1.33. The van der Waals surface area contributed by atoms with Crippen molar-refractivity contribution in [1.29, 1.82) is 0 Å². The first-order valence-corrected chi connectivity index (χ1v) is 8.00. The Morgan fingerprint density at radius 2 is 2.11 bits per heavy atom. The lowest BCUT2D eigenvalue weighted by atomic mass is 9.66. The third-order valence-electron chi connectivity index (χ3n) is 4.34. The van der Waals surface area contributed by atoms with Crippen LogP contribution in [0.15, 0.2) is 12.1 Å². The van der Waals surface area contributed by atoms with E-state index in [1.165, 1.54) is 11.3 Å². The molecule has 18 heavy (non-hydrogen) atoms. The predicted octanol–water partition coefficient (Wildman–Crippen LogP) is 4.77. The third-order valence-corrected chi connectivity index (χ3v) is 5.57. The fraction of sp³-hybridized carbons (Fsp3) is 0.733. The Bertz CT molecular complexity index is 399. The van der Waals surface area contributed by atoms with Gasteiger partial charge in [0, 0.05) is 4.88 Å². The quantitative estimate of drug-likeness (QED) is 0.849. The standard InChI is InChI=1S/C15H23ClOS/c1-10-4-6-12(13(17)8-10)15(2,3)9-11-5-7-14(16)18-11/h5,7,10,12-13,17H,4,6,8-9H2,1-3H3. The summed E-state index contributed by atoms with van der Waals surface area (Å²) in [5, 5.41) is 10.3. The molecule has 1 nitrogen and oxygen atoms in total. The summed E-state index contributed by atoms with van der Waals surface area (Å²) in [6, 6.07) is 4.09. The zero-order valence-electron chi connectivity index (χ0n) is 11.4. The van der Waals surface area contributed by atoms with Crippen LogP contribution < -0.4 is 0 Å². The topological polar surface area (TPSA) is 20.2 Å². The predicted molar refractivity (Wildman–Crippen MR) is 79.3 cm³/mol. The molecule has 0 amide bonds. The maximum Gasteiger partial charge on any atom is 0.0931 e. The summed E-state index contributed by atoms with van der Waals surface area (Å²) in [7, 11) is 0. The highest BCUT2D eigenvalue weighted by atomic mass is 35.5. The second-order valence-electron chi connectivity index (χ2n) is 6.46. The number of hydrogen-bond acceptors (Lipinski definition) is 2. The van der Waals surface area contributed by atoms with E-state index in [-0.39, 0.29) is 11.5 Å². The van der Waals surface area contributed by atoms with Gasteiger partial charge in [0.1, 0.15) is 0 Å². The molecular weight excluding hydrogens is 264 g/mol. The molecule has 1 fully saturated rings. The first kappa shape index (κ1) is 14.4. The zero-order valence-corrected chi connectivity index (χ0v) is 13.0. The summed E-state index contributed by atoms with van der Waals surface area (Å²) < 4.78 is 0.860. The van der Waals surface area contributed by atoms with Gasteiger partial charge in [0.2, 0.25) is 0 Å². The number of rotatable bonds is 3. The fourth-order valence-corrected chi connectivity index (χ4v) is 4.62. The molecule has 3 heteroatoms. The van der Waals surface area contributed by atoms with Crippen LogP contribution in [0.4, 0.5) is 0 Å². The van der Waals surface area contributed by atoms with E-state index < -0.39 is 0 Å². The first-order chi connectivity index (χ1) is 8.38. The second-order valence-corrected chi connectivity index (χ2v) is 8.26. The zero-order chi connectivity index (χ0) is 13.3. The van der Waals surface area contributed by atoms with Crippen molar-refractivity contribution in [2.45, 2.75) is 52.6 Å². The minimum atomic E-state index is -0.140. The van der Waals surface area contributed by atoms with Crippen LogP contribution in [0.2, 0.25) is 4.34 Å². The van der Waals surface area contributed by atoms with Crippen LogP contribution in [0.25, 0.3) is 0 Å². The molecule has 0 radical (unpaired) electrons. The van der Waals surface area contributed by atoms with Crippen LogP contribution >= 0.6 is 22.9 Å². The van der Waals surface area contributed by atoms with E-state index >= 15 is 0 Å². The lowest BCUT2D eigenvalue weighted by Gasteiger charge is -2.42. The summed E-state index contributed by atoms with van der Waals surface area (Å²) in [6.07, 6.45) is 4.23. The number of thiophene rings is 1. The molecule has 2 rings (SSSR count). The summed E-state index contributed by atoms with van der Waals surface area (Å²) in [5.41, 5.74) is 0.147. The van der Waals surface area contributed by atoms with Gasteiger partial charge in [0.05, 0.1) is 10.4 Å². The summed E-state index contributed by atoms with van der Waals surface area (Å²) in [6.45, 7) is 6.81. The molecule has 1 saturated carbocycles. The molecule has 3 atom stereocenters. The van der Waals surface area contributed by atoms with E-state index in [2.05, 4.69) is 26.8 Å². The van der Waals surface area contributed by atoms with Gasteiger partial charge in [-0.2, -0.15) is 0 Å². The van der Waals surface area contributed by atoms with Crippen molar-refractivity contribution in [3.8, 4) is 0 Å². The lowest BCUT2D eigenvalue weighted by molar-refractivity contribution is -0.0122. The molecule has 1 aromatic rings. The second kappa shape index (κ2) is 5.52. The van der Waals surface area contributed by atoms with Crippen molar-refractivity contribution in [2.24, 2.45) is 17.3 Å². The normalized spacial score (nSPS) is 29.5. The SMILES string of the molecule is CC1CCC(C(C)(C)Cc2ccc(Cl)s2)C(O)C1.